The number of phenols is 1. The molecule has 1 atom stereocenters. The van der Waals surface area contributed by atoms with E-state index in [0.717, 1.165) is 16.9 Å². The molecule has 5 heteroatoms. The van der Waals surface area contributed by atoms with Crippen LogP contribution in [0.5, 0.6) is 17.2 Å². The Morgan fingerprint density at radius 2 is 2.04 bits per heavy atom. The molecule has 124 valence electrons. The summed E-state index contributed by atoms with van der Waals surface area (Å²) in [6.45, 7) is 2.82. The highest BCUT2D eigenvalue weighted by molar-refractivity contribution is 6.32. The van der Waals surface area contributed by atoms with E-state index in [2.05, 4.69) is 0 Å². The molecule has 0 aliphatic carbocycles. The zero-order valence-electron chi connectivity index (χ0n) is 13.4. The molecule has 0 fully saturated rings. The number of hydrogen-bond donors (Lipinski definition) is 2. The summed E-state index contributed by atoms with van der Waals surface area (Å²) in [6.07, 6.45) is 0.698. The third kappa shape index (κ3) is 4.30. The van der Waals surface area contributed by atoms with Gasteiger partial charge in [0.15, 0.2) is 11.5 Å². The molecule has 3 N–H and O–H groups in total. The average molecular weight is 336 g/mol. The van der Waals surface area contributed by atoms with Gasteiger partial charge in [-0.1, -0.05) is 23.7 Å². The van der Waals surface area contributed by atoms with Gasteiger partial charge in [0.2, 0.25) is 0 Å². The molecule has 23 heavy (non-hydrogen) atoms. The second-order valence-electron chi connectivity index (χ2n) is 5.27. The van der Waals surface area contributed by atoms with Crippen molar-refractivity contribution in [3.63, 3.8) is 0 Å². The van der Waals surface area contributed by atoms with Crippen LogP contribution >= 0.6 is 11.6 Å². The van der Waals surface area contributed by atoms with E-state index >= 15 is 0 Å². The molecular weight excluding hydrogens is 314 g/mol. The maximum atomic E-state index is 9.93. The Balaban J connectivity index is 2.27. The predicted molar refractivity (Wildman–Crippen MR) is 92.8 cm³/mol. The molecular formula is C18H22ClNO3. The molecule has 2 rings (SSSR count). The zero-order chi connectivity index (χ0) is 16.8. The van der Waals surface area contributed by atoms with Gasteiger partial charge in [-0.2, -0.15) is 0 Å². The molecule has 0 aliphatic heterocycles. The molecule has 0 saturated heterocycles. The number of aromatic hydroxyl groups is 1. The van der Waals surface area contributed by atoms with E-state index in [-0.39, 0.29) is 16.7 Å². The molecule has 0 amide bonds. The summed E-state index contributed by atoms with van der Waals surface area (Å²) in [5, 5.41) is 10.2. The fourth-order valence-corrected chi connectivity index (χ4v) is 2.76. The molecule has 2 aromatic rings. The normalized spacial score (nSPS) is 12.0. The molecule has 0 saturated carbocycles. The van der Waals surface area contributed by atoms with Crippen LogP contribution in [0, 0.1) is 0 Å². The van der Waals surface area contributed by atoms with Crippen molar-refractivity contribution in [2.45, 2.75) is 19.3 Å². The molecule has 0 bridgehead atoms. The van der Waals surface area contributed by atoms with Crippen molar-refractivity contribution in [3.8, 4) is 17.2 Å². The van der Waals surface area contributed by atoms with Gasteiger partial charge in [-0.05, 0) is 55.3 Å². The van der Waals surface area contributed by atoms with E-state index in [0.29, 0.717) is 25.3 Å². The monoisotopic (exact) mass is 335 g/mol. The summed E-state index contributed by atoms with van der Waals surface area (Å²) in [5.74, 6) is 1.30. The first-order valence-electron chi connectivity index (χ1n) is 7.57. The number of phenolic OH excluding ortho intramolecular Hbond substituents is 1. The van der Waals surface area contributed by atoms with Gasteiger partial charge in [0.1, 0.15) is 5.75 Å². The average Bonchev–Trinajstić information content (AvgIpc) is 2.57. The molecule has 0 aromatic heterocycles. The second-order valence-corrected chi connectivity index (χ2v) is 5.68. The first kappa shape index (κ1) is 17.4. The summed E-state index contributed by atoms with van der Waals surface area (Å²) in [4.78, 5) is 0. The van der Waals surface area contributed by atoms with Crippen LogP contribution in [-0.4, -0.2) is 25.4 Å². The molecule has 1 unspecified atom stereocenters. The quantitative estimate of drug-likeness (QED) is 0.809. The highest BCUT2D eigenvalue weighted by atomic mass is 35.5. The molecule has 2 aromatic carbocycles. The number of methoxy groups -OCH3 is 1. The molecule has 0 heterocycles. The van der Waals surface area contributed by atoms with Gasteiger partial charge in [0.25, 0.3) is 0 Å². The van der Waals surface area contributed by atoms with Crippen molar-refractivity contribution in [2.24, 2.45) is 5.73 Å². The lowest BCUT2D eigenvalue weighted by Gasteiger charge is -2.17. The van der Waals surface area contributed by atoms with E-state index in [1.165, 1.54) is 0 Å². The van der Waals surface area contributed by atoms with Crippen LogP contribution in [0.4, 0.5) is 0 Å². The standard InChI is InChI=1S/C18H22ClNO3/c1-3-23-17-9-12(8-16(19)18(17)21)7-14(11-20)13-5-4-6-15(10-13)22-2/h4-6,8-10,14,21H,3,7,11,20H2,1-2H3. The number of hydrogen-bond acceptors (Lipinski definition) is 4. The summed E-state index contributed by atoms with van der Waals surface area (Å²) in [5.41, 5.74) is 8.03. The third-order valence-corrected chi connectivity index (χ3v) is 4.01. The van der Waals surface area contributed by atoms with Crippen molar-refractivity contribution in [1.82, 2.24) is 0 Å². The van der Waals surface area contributed by atoms with Crippen molar-refractivity contribution in [3.05, 3.63) is 52.5 Å². The summed E-state index contributed by atoms with van der Waals surface area (Å²) < 4.78 is 10.7. The van der Waals surface area contributed by atoms with Gasteiger partial charge in [-0.15, -0.1) is 0 Å². The Labute approximate surface area is 141 Å². The Kier molecular flexibility index (Phi) is 6.13. The van der Waals surface area contributed by atoms with Crippen LogP contribution in [0.3, 0.4) is 0 Å². The second kappa shape index (κ2) is 8.09. The zero-order valence-corrected chi connectivity index (χ0v) is 14.1. The number of nitrogens with two attached hydrogens (primary N) is 1. The van der Waals surface area contributed by atoms with Crippen molar-refractivity contribution in [1.29, 1.82) is 0 Å². The van der Waals surface area contributed by atoms with Crippen molar-refractivity contribution >= 4 is 11.6 Å². The van der Waals surface area contributed by atoms with E-state index in [1.54, 1.807) is 13.2 Å². The first-order valence-corrected chi connectivity index (χ1v) is 7.95. The Bertz CT molecular complexity index is 661. The predicted octanol–water partition coefficient (Wildman–Crippen LogP) is 3.74. The van der Waals surface area contributed by atoms with E-state index in [4.69, 9.17) is 26.8 Å². The lowest BCUT2D eigenvalue weighted by molar-refractivity contribution is 0.318. The maximum Gasteiger partial charge on any atom is 0.176 e. The van der Waals surface area contributed by atoms with E-state index < -0.39 is 0 Å². The van der Waals surface area contributed by atoms with Gasteiger partial charge in [0.05, 0.1) is 18.7 Å². The summed E-state index contributed by atoms with van der Waals surface area (Å²) in [6, 6.07) is 11.4. The fraction of sp³-hybridized carbons (Fsp3) is 0.333. The Morgan fingerprint density at radius 1 is 1.26 bits per heavy atom. The first-order chi connectivity index (χ1) is 11.1. The Hall–Kier alpha value is -1.91. The highest BCUT2D eigenvalue weighted by Gasteiger charge is 2.15. The van der Waals surface area contributed by atoms with Crippen LogP contribution in [-0.2, 0) is 6.42 Å². The van der Waals surface area contributed by atoms with Crippen LogP contribution in [0.25, 0.3) is 0 Å². The number of halogens is 1. The maximum absolute atomic E-state index is 9.93. The van der Waals surface area contributed by atoms with Gasteiger partial charge in [-0.3, -0.25) is 0 Å². The van der Waals surface area contributed by atoms with Gasteiger partial charge >= 0.3 is 0 Å². The van der Waals surface area contributed by atoms with Crippen LogP contribution in [0.2, 0.25) is 5.02 Å². The molecule has 0 aliphatic rings. The van der Waals surface area contributed by atoms with Gasteiger partial charge in [-0.25, -0.2) is 0 Å². The lowest BCUT2D eigenvalue weighted by Crippen LogP contribution is -2.15. The van der Waals surface area contributed by atoms with Crippen LogP contribution in [0.1, 0.15) is 24.0 Å². The van der Waals surface area contributed by atoms with Crippen LogP contribution < -0.4 is 15.2 Å². The topological polar surface area (TPSA) is 64.7 Å². The molecule has 0 spiro atoms. The van der Waals surface area contributed by atoms with Gasteiger partial charge < -0.3 is 20.3 Å². The summed E-state index contributed by atoms with van der Waals surface area (Å²) in [7, 11) is 1.64. The lowest BCUT2D eigenvalue weighted by atomic mass is 9.92. The SMILES string of the molecule is CCOc1cc(CC(CN)c2cccc(OC)c2)cc(Cl)c1O. The Morgan fingerprint density at radius 3 is 2.70 bits per heavy atom. The largest absolute Gasteiger partial charge is 0.503 e. The fourth-order valence-electron chi connectivity index (χ4n) is 2.53. The minimum Gasteiger partial charge on any atom is -0.503 e. The van der Waals surface area contributed by atoms with Crippen molar-refractivity contribution in [2.75, 3.05) is 20.3 Å². The molecule has 0 radical (unpaired) electrons. The number of ether oxygens (including phenoxy) is 2. The number of benzene rings is 2. The van der Waals surface area contributed by atoms with Crippen molar-refractivity contribution < 1.29 is 14.6 Å². The highest BCUT2D eigenvalue weighted by Crippen LogP contribution is 2.36. The smallest absolute Gasteiger partial charge is 0.176 e. The van der Waals surface area contributed by atoms with E-state index in [1.807, 2.05) is 37.3 Å². The number of rotatable bonds is 7. The third-order valence-electron chi connectivity index (χ3n) is 3.72. The minimum atomic E-state index is -0.0251. The summed E-state index contributed by atoms with van der Waals surface area (Å²) >= 11 is 6.09. The van der Waals surface area contributed by atoms with Gasteiger partial charge in [0, 0.05) is 5.92 Å². The minimum absolute atomic E-state index is 0.0251. The van der Waals surface area contributed by atoms with Crippen LogP contribution in [0.15, 0.2) is 36.4 Å². The van der Waals surface area contributed by atoms with E-state index in [9.17, 15) is 5.11 Å². The molecule has 4 nitrogen and oxygen atoms in total.